The van der Waals surface area contributed by atoms with Gasteiger partial charge in [-0.2, -0.15) is 0 Å². The Bertz CT molecular complexity index is 534. The van der Waals surface area contributed by atoms with Gasteiger partial charge in [-0.3, -0.25) is 4.79 Å². The summed E-state index contributed by atoms with van der Waals surface area (Å²) in [7, 11) is 0. The number of anilines is 1. The standard InChI is InChI=1S/C12H11F5N2O/c1-4-2-18-3-5(4)12(20)19-11-9(16)7(14)6(13)8(15)10(11)17/h4-5,18H,2-3H2,1H3,(H,19,20). The van der Waals surface area contributed by atoms with Gasteiger partial charge in [0.25, 0.3) is 0 Å². The Morgan fingerprint density at radius 1 is 1.00 bits per heavy atom. The number of amides is 1. The van der Waals surface area contributed by atoms with E-state index in [-0.39, 0.29) is 12.5 Å². The summed E-state index contributed by atoms with van der Waals surface area (Å²) in [4.78, 5) is 11.8. The minimum atomic E-state index is -2.26. The van der Waals surface area contributed by atoms with Gasteiger partial charge >= 0.3 is 0 Å². The van der Waals surface area contributed by atoms with Crippen molar-refractivity contribution in [3.8, 4) is 0 Å². The van der Waals surface area contributed by atoms with E-state index in [1.807, 2.05) is 0 Å². The summed E-state index contributed by atoms with van der Waals surface area (Å²) in [6, 6.07) is 0. The molecule has 3 nitrogen and oxygen atoms in total. The highest BCUT2D eigenvalue weighted by Gasteiger charge is 2.32. The summed E-state index contributed by atoms with van der Waals surface area (Å²) in [6.45, 7) is 2.56. The summed E-state index contributed by atoms with van der Waals surface area (Å²) in [5.74, 6) is -12.0. The van der Waals surface area contributed by atoms with Crippen LogP contribution in [0.5, 0.6) is 0 Å². The first kappa shape index (κ1) is 14.7. The van der Waals surface area contributed by atoms with Gasteiger partial charge in [0.2, 0.25) is 11.7 Å². The summed E-state index contributed by atoms with van der Waals surface area (Å²) < 4.78 is 65.6. The lowest BCUT2D eigenvalue weighted by molar-refractivity contribution is -0.120. The second-order valence-corrected chi connectivity index (χ2v) is 4.68. The molecule has 20 heavy (non-hydrogen) atoms. The third-order valence-electron chi connectivity index (χ3n) is 3.31. The predicted molar refractivity (Wildman–Crippen MR) is 60.4 cm³/mol. The third kappa shape index (κ3) is 2.35. The molecule has 1 fully saturated rings. The summed E-state index contributed by atoms with van der Waals surface area (Å²) in [6.07, 6.45) is 0. The van der Waals surface area contributed by atoms with Crippen LogP contribution in [0.4, 0.5) is 27.6 Å². The summed E-state index contributed by atoms with van der Waals surface area (Å²) in [5, 5.41) is 4.68. The molecule has 110 valence electrons. The molecule has 2 atom stereocenters. The first-order valence-electron chi connectivity index (χ1n) is 5.87. The van der Waals surface area contributed by atoms with Gasteiger partial charge in [0.05, 0.1) is 5.92 Å². The van der Waals surface area contributed by atoms with Gasteiger partial charge in [-0.15, -0.1) is 0 Å². The first-order chi connectivity index (χ1) is 9.34. The van der Waals surface area contributed by atoms with E-state index in [0.717, 1.165) is 0 Å². The number of carbonyl (C=O) groups is 1. The van der Waals surface area contributed by atoms with E-state index in [0.29, 0.717) is 6.54 Å². The second-order valence-electron chi connectivity index (χ2n) is 4.68. The maximum atomic E-state index is 13.4. The largest absolute Gasteiger partial charge is 0.321 e. The molecule has 0 aliphatic carbocycles. The Hall–Kier alpha value is -1.70. The minimum Gasteiger partial charge on any atom is -0.321 e. The SMILES string of the molecule is CC1CNCC1C(=O)Nc1c(F)c(F)c(F)c(F)c1F. The zero-order chi connectivity index (χ0) is 15.0. The number of hydrogen-bond acceptors (Lipinski definition) is 2. The van der Waals surface area contributed by atoms with Crippen molar-refractivity contribution in [2.75, 3.05) is 18.4 Å². The molecule has 1 aliphatic heterocycles. The number of hydrogen-bond donors (Lipinski definition) is 2. The maximum Gasteiger partial charge on any atom is 0.229 e. The fourth-order valence-electron chi connectivity index (χ4n) is 2.09. The molecule has 1 aromatic rings. The highest BCUT2D eigenvalue weighted by molar-refractivity contribution is 5.93. The van der Waals surface area contributed by atoms with Crippen LogP contribution < -0.4 is 10.6 Å². The van der Waals surface area contributed by atoms with Crippen LogP contribution >= 0.6 is 0 Å². The van der Waals surface area contributed by atoms with E-state index >= 15 is 0 Å². The monoisotopic (exact) mass is 294 g/mol. The number of nitrogens with one attached hydrogen (secondary N) is 2. The highest BCUT2D eigenvalue weighted by atomic mass is 19.2. The maximum absolute atomic E-state index is 13.4. The zero-order valence-electron chi connectivity index (χ0n) is 10.4. The molecular formula is C12H11F5N2O. The van der Waals surface area contributed by atoms with Crippen molar-refractivity contribution in [3.05, 3.63) is 29.1 Å². The molecule has 8 heteroatoms. The lowest BCUT2D eigenvalue weighted by Crippen LogP contribution is -2.29. The lowest BCUT2D eigenvalue weighted by atomic mass is 9.97. The third-order valence-corrected chi connectivity index (χ3v) is 3.31. The number of halogens is 5. The average Bonchev–Trinajstić information content (AvgIpc) is 2.85. The molecule has 0 radical (unpaired) electrons. The fourth-order valence-corrected chi connectivity index (χ4v) is 2.09. The van der Waals surface area contributed by atoms with E-state index < -0.39 is 46.6 Å². The van der Waals surface area contributed by atoms with Gasteiger partial charge in [-0.25, -0.2) is 22.0 Å². The molecule has 0 bridgehead atoms. The minimum absolute atomic E-state index is 0.101. The molecule has 2 rings (SSSR count). The average molecular weight is 294 g/mol. The highest BCUT2D eigenvalue weighted by Crippen LogP contribution is 2.28. The Morgan fingerprint density at radius 3 is 1.95 bits per heavy atom. The van der Waals surface area contributed by atoms with Crippen LogP contribution in [0.15, 0.2) is 0 Å². The molecule has 1 saturated heterocycles. The second kappa shape index (κ2) is 5.35. The van der Waals surface area contributed by atoms with Gasteiger partial charge < -0.3 is 10.6 Å². The Balaban J connectivity index is 2.32. The van der Waals surface area contributed by atoms with Crippen LogP contribution in [-0.2, 0) is 4.79 Å². The van der Waals surface area contributed by atoms with Crippen molar-refractivity contribution < 1.29 is 26.7 Å². The molecule has 0 spiro atoms. The number of benzene rings is 1. The summed E-state index contributed by atoms with van der Waals surface area (Å²) >= 11 is 0. The molecule has 1 aliphatic rings. The van der Waals surface area contributed by atoms with Crippen molar-refractivity contribution in [2.24, 2.45) is 11.8 Å². The van der Waals surface area contributed by atoms with Crippen LogP contribution in [0.25, 0.3) is 0 Å². The van der Waals surface area contributed by atoms with E-state index in [1.54, 1.807) is 12.2 Å². The van der Waals surface area contributed by atoms with Gasteiger partial charge in [0.15, 0.2) is 23.3 Å². The predicted octanol–water partition coefficient (Wildman–Crippen LogP) is 2.18. The van der Waals surface area contributed by atoms with Crippen molar-refractivity contribution in [3.63, 3.8) is 0 Å². The normalized spacial score (nSPS) is 22.1. The molecule has 1 heterocycles. The van der Waals surface area contributed by atoms with Crippen LogP contribution in [0.3, 0.4) is 0 Å². The van der Waals surface area contributed by atoms with Crippen molar-refractivity contribution in [2.45, 2.75) is 6.92 Å². The number of rotatable bonds is 2. The zero-order valence-corrected chi connectivity index (χ0v) is 10.4. The Labute approximate surface area is 111 Å². The Morgan fingerprint density at radius 2 is 1.50 bits per heavy atom. The van der Waals surface area contributed by atoms with Crippen molar-refractivity contribution in [1.29, 1.82) is 0 Å². The van der Waals surface area contributed by atoms with Gasteiger partial charge in [0, 0.05) is 6.54 Å². The van der Waals surface area contributed by atoms with Crippen LogP contribution in [-0.4, -0.2) is 19.0 Å². The van der Waals surface area contributed by atoms with Crippen molar-refractivity contribution >= 4 is 11.6 Å². The van der Waals surface area contributed by atoms with E-state index in [9.17, 15) is 26.7 Å². The van der Waals surface area contributed by atoms with Crippen molar-refractivity contribution in [1.82, 2.24) is 5.32 Å². The molecular weight excluding hydrogens is 283 g/mol. The van der Waals surface area contributed by atoms with Crippen LogP contribution in [0, 0.1) is 40.9 Å². The molecule has 0 saturated carbocycles. The smallest absolute Gasteiger partial charge is 0.229 e. The fraction of sp³-hybridized carbons (Fsp3) is 0.417. The van der Waals surface area contributed by atoms with Crippen LogP contribution in [0.2, 0.25) is 0 Å². The van der Waals surface area contributed by atoms with Gasteiger partial charge in [-0.1, -0.05) is 6.92 Å². The quantitative estimate of drug-likeness (QED) is 0.499. The van der Waals surface area contributed by atoms with E-state index in [1.165, 1.54) is 0 Å². The van der Waals surface area contributed by atoms with E-state index in [4.69, 9.17) is 0 Å². The first-order valence-corrected chi connectivity index (χ1v) is 5.87. The molecule has 0 aromatic heterocycles. The summed E-state index contributed by atoms with van der Waals surface area (Å²) in [5.41, 5.74) is -1.31. The molecule has 1 aromatic carbocycles. The van der Waals surface area contributed by atoms with Gasteiger partial charge in [-0.05, 0) is 12.5 Å². The topological polar surface area (TPSA) is 41.1 Å². The van der Waals surface area contributed by atoms with E-state index in [2.05, 4.69) is 5.32 Å². The molecule has 1 amide bonds. The lowest BCUT2D eigenvalue weighted by Gasteiger charge is -2.15. The van der Waals surface area contributed by atoms with Crippen LogP contribution in [0.1, 0.15) is 6.92 Å². The Kier molecular flexibility index (Phi) is 3.94. The number of carbonyl (C=O) groups excluding carboxylic acids is 1. The van der Waals surface area contributed by atoms with Gasteiger partial charge in [0.1, 0.15) is 5.69 Å². The molecule has 2 unspecified atom stereocenters. The molecule has 2 N–H and O–H groups in total.